The number of ether oxygens (including phenoxy) is 1. The molecule has 3 N–H and O–H groups in total. The minimum atomic E-state index is -0.698. The second kappa shape index (κ2) is 8.03. The van der Waals surface area contributed by atoms with Crippen LogP contribution < -0.4 is 15.4 Å². The van der Waals surface area contributed by atoms with Gasteiger partial charge in [-0.05, 0) is 23.6 Å². The van der Waals surface area contributed by atoms with Crippen LogP contribution in [0.2, 0.25) is 5.02 Å². The molecule has 22 heavy (non-hydrogen) atoms. The fourth-order valence-corrected chi connectivity index (χ4v) is 2.75. The summed E-state index contributed by atoms with van der Waals surface area (Å²) in [7, 11) is 1.55. The Morgan fingerprint density at radius 2 is 2.23 bits per heavy atom. The number of aliphatic hydroxyl groups is 1. The molecule has 7 heteroatoms. The van der Waals surface area contributed by atoms with E-state index >= 15 is 0 Å². The third kappa shape index (κ3) is 4.62. The number of aliphatic hydroxyl groups excluding tert-OH is 1. The smallest absolute Gasteiger partial charge is 0.315 e. The van der Waals surface area contributed by atoms with Gasteiger partial charge in [0.05, 0.1) is 13.7 Å². The van der Waals surface area contributed by atoms with Gasteiger partial charge in [-0.15, -0.1) is 11.3 Å². The van der Waals surface area contributed by atoms with E-state index in [0.717, 1.165) is 10.4 Å². The third-order valence-electron chi connectivity index (χ3n) is 3.02. The normalized spacial score (nSPS) is 11.8. The number of hydrogen-bond donors (Lipinski definition) is 3. The third-order valence-corrected chi connectivity index (χ3v) is 4.22. The Morgan fingerprint density at radius 3 is 2.91 bits per heavy atom. The largest absolute Gasteiger partial charge is 0.496 e. The molecular formula is C15H17ClN2O3S. The Kier molecular flexibility index (Phi) is 6.06. The summed E-state index contributed by atoms with van der Waals surface area (Å²) in [4.78, 5) is 12.6. The van der Waals surface area contributed by atoms with Gasteiger partial charge in [0.15, 0.2) is 0 Å². The lowest BCUT2D eigenvalue weighted by Gasteiger charge is -2.13. The second-order valence-electron chi connectivity index (χ2n) is 4.55. The molecule has 2 rings (SSSR count). The van der Waals surface area contributed by atoms with Crippen LogP contribution in [0.1, 0.15) is 16.5 Å². The number of nitrogens with one attached hydrogen (secondary N) is 2. The highest BCUT2D eigenvalue weighted by molar-refractivity contribution is 7.10. The van der Waals surface area contributed by atoms with E-state index in [2.05, 4.69) is 10.6 Å². The number of carbonyl (C=O) groups is 1. The summed E-state index contributed by atoms with van der Waals surface area (Å²) in [5.41, 5.74) is 0.820. The predicted octanol–water partition coefficient (Wildman–Crippen LogP) is 2.94. The van der Waals surface area contributed by atoms with Crippen LogP contribution >= 0.6 is 22.9 Å². The lowest BCUT2D eigenvalue weighted by atomic mass is 10.2. The zero-order chi connectivity index (χ0) is 15.9. The van der Waals surface area contributed by atoms with Crippen LogP contribution in [0.25, 0.3) is 0 Å². The summed E-state index contributed by atoms with van der Waals surface area (Å²) in [6.45, 7) is 0.464. The Balaban J connectivity index is 1.80. The number of carbonyl (C=O) groups excluding carboxylic acids is 1. The number of halogens is 1. The minimum Gasteiger partial charge on any atom is -0.496 e. The maximum absolute atomic E-state index is 11.8. The zero-order valence-electron chi connectivity index (χ0n) is 12.0. The Bertz CT molecular complexity index is 619. The summed E-state index contributed by atoms with van der Waals surface area (Å²) in [6, 6.07) is 8.55. The van der Waals surface area contributed by atoms with Gasteiger partial charge >= 0.3 is 6.03 Å². The summed E-state index contributed by atoms with van der Waals surface area (Å²) in [5, 5.41) is 17.7. The highest BCUT2D eigenvalue weighted by Gasteiger charge is 2.11. The van der Waals surface area contributed by atoms with Crippen molar-refractivity contribution in [2.75, 3.05) is 13.7 Å². The standard InChI is InChI=1S/C15H17ClN2O3S/c1-21-13-7-11(16)5-4-10(13)8-17-15(20)18-9-12(19)14-3-2-6-22-14/h2-7,12,19H,8-9H2,1H3,(H2,17,18,20)/t12-/m1/s1. The van der Waals surface area contributed by atoms with Gasteiger partial charge in [0.2, 0.25) is 0 Å². The van der Waals surface area contributed by atoms with Crippen LogP contribution in [0, 0.1) is 0 Å². The van der Waals surface area contributed by atoms with Crippen molar-refractivity contribution in [3.8, 4) is 5.75 Å². The highest BCUT2D eigenvalue weighted by Crippen LogP contribution is 2.22. The van der Waals surface area contributed by atoms with Gasteiger partial charge in [-0.2, -0.15) is 0 Å². The highest BCUT2D eigenvalue weighted by atomic mass is 35.5. The lowest BCUT2D eigenvalue weighted by molar-refractivity contribution is 0.176. The summed E-state index contributed by atoms with van der Waals surface area (Å²) in [6.07, 6.45) is -0.698. The first-order chi connectivity index (χ1) is 10.6. The molecule has 2 amide bonds. The van der Waals surface area contributed by atoms with Crippen LogP contribution in [0.4, 0.5) is 4.79 Å². The van der Waals surface area contributed by atoms with Crippen molar-refractivity contribution in [2.45, 2.75) is 12.6 Å². The molecule has 0 aliphatic rings. The van der Waals surface area contributed by atoms with Crippen molar-refractivity contribution in [1.82, 2.24) is 10.6 Å². The van der Waals surface area contributed by atoms with Crippen LogP contribution in [-0.4, -0.2) is 24.8 Å². The molecule has 1 heterocycles. The van der Waals surface area contributed by atoms with E-state index < -0.39 is 6.10 Å². The Hall–Kier alpha value is -1.76. The van der Waals surface area contributed by atoms with E-state index in [-0.39, 0.29) is 12.6 Å². The summed E-state index contributed by atoms with van der Waals surface area (Å²) >= 11 is 7.33. The van der Waals surface area contributed by atoms with Crippen LogP contribution in [0.3, 0.4) is 0 Å². The molecule has 1 aromatic carbocycles. The van der Waals surface area contributed by atoms with E-state index in [1.54, 1.807) is 25.3 Å². The first kappa shape index (κ1) is 16.6. The van der Waals surface area contributed by atoms with E-state index in [1.165, 1.54) is 11.3 Å². The molecule has 2 aromatic rings. The predicted molar refractivity (Wildman–Crippen MR) is 87.5 cm³/mol. The SMILES string of the molecule is COc1cc(Cl)ccc1CNC(=O)NC[C@@H](O)c1cccs1. The van der Waals surface area contributed by atoms with Crippen LogP contribution in [0.15, 0.2) is 35.7 Å². The van der Waals surface area contributed by atoms with E-state index in [4.69, 9.17) is 16.3 Å². The van der Waals surface area contributed by atoms with Crippen LogP contribution in [0.5, 0.6) is 5.75 Å². The van der Waals surface area contributed by atoms with Gasteiger partial charge in [-0.3, -0.25) is 0 Å². The summed E-state index contributed by atoms with van der Waals surface area (Å²) in [5.74, 6) is 0.617. The van der Waals surface area contributed by atoms with Crippen molar-refractivity contribution >= 4 is 29.0 Å². The molecule has 0 aliphatic heterocycles. The molecular weight excluding hydrogens is 324 g/mol. The molecule has 118 valence electrons. The monoisotopic (exact) mass is 340 g/mol. The Labute approximate surface area is 137 Å². The minimum absolute atomic E-state index is 0.157. The van der Waals surface area contributed by atoms with Gasteiger partial charge in [-0.1, -0.05) is 23.7 Å². The number of amides is 2. The lowest BCUT2D eigenvalue weighted by Crippen LogP contribution is -2.37. The number of methoxy groups -OCH3 is 1. The average molecular weight is 341 g/mol. The maximum atomic E-state index is 11.8. The Morgan fingerprint density at radius 1 is 1.41 bits per heavy atom. The zero-order valence-corrected chi connectivity index (χ0v) is 13.6. The van der Waals surface area contributed by atoms with Crippen molar-refractivity contribution < 1.29 is 14.6 Å². The van der Waals surface area contributed by atoms with Crippen molar-refractivity contribution in [2.24, 2.45) is 0 Å². The van der Waals surface area contributed by atoms with Gasteiger partial charge in [0.1, 0.15) is 11.9 Å². The number of hydrogen-bond acceptors (Lipinski definition) is 4. The molecule has 0 spiro atoms. The number of urea groups is 1. The fourth-order valence-electron chi connectivity index (χ4n) is 1.87. The fraction of sp³-hybridized carbons (Fsp3) is 0.267. The molecule has 0 saturated carbocycles. The first-order valence-electron chi connectivity index (χ1n) is 6.65. The maximum Gasteiger partial charge on any atom is 0.315 e. The molecule has 0 aliphatic carbocycles. The summed E-state index contributed by atoms with van der Waals surface area (Å²) < 4.78 is 5.21. The van der Waals surface area contributed by atoms with E-state index in [9.17, 15) is 9.90 Å². The van der Waals surface area contributed by atoms with Gasteiger partial charge in [-0.25, -0.2) is 4.79 Å². The molecule has 5 nitrogen and oxygen atoms in total. The molecule has 0 unspecified atom stereocenters. The van der Waals surface area contributed by atoms with Gasteiger partial charge in [0.25, 0.3) is 0 Å². The van der Waals surface area contributed by atoms with Crippen molar-refractivity contribution in [3.63, 3.8) is 0 Å². The van der Waals surface area contributed by atoms with E-state index in [1.807, 2.05) is 17.5 Å². The van der Waals surface area contributed by atoms with Crippen molar-refractivity contribution in [3.05, 3.63) is 51.2 Å². The quantitative estimate of drug-likeness (QED) is 0.757. The topological polar surface area (TPSA) is 70.6 Å². The van der Waals surface area contributed by atoms with Gasteiger partial charge in [0, 0.05) is 22.0 Å². The average Bonchev–Trinajstić information content (AvgIpc) is 3.05. The van der Waals surface area contributed by atoms with E-state index in [0.29, 0.717) is 17.3 Å². The molecule has 0 saturated heterocycles. The molecule has 1 atom stereocenters. The molecule has 1 aromatic heterocycles. The molecule has 0 fully saturated rings. The second-order valence-corrected chi connectivity index (χ2v) is 5.97. The number of thiophene rings is 1. The van der Waals surface area contributed by atoms with Crippen molar-refractivity contribution in [1.29, 1.82) is 0 Å². The van der Waals surface area contributed by atoms with Gasteiger partial charge < -0.3 is 20.5 Å². The first-order valence-corrected chi connectivity index (χ1v) is 7.91. The molecule has 0 bridgehead atoms. The van der Waals surface area contributed by atoms with Crippen LogP contribution in [-0.2, 0) is 6.54 Å². The molecule has 0 radical (unpaired) electrons. The number of rotatable bonds is 6. The number of benzene rings is 1.